The predicted octanol–water partition coefficient (Wildman–Crippen LogP) is 2.98. The molecule has 0 aliphatic rings. The van der Waals surface area contributed by atoms with Gasteiger partial charge in [0.2, 0.25) is 5.91 Å². The predicted molar refractivity (Wildman–Crippen MR) is 75.2 cm³/mol. The third-order valence-electron chi connectivity index (χ3n) is 2.39. The summed E-state index contributed by atoms with van der Waals surface area (Å²) in [6.45, 7) is 3.67. The van der Waals surface area contributed by atoms with Gasteiger partial charge in [-0.05, 0) is 24.1 Å². The van der Waals surface area contributed by atoms with Crippen LogP contribution >= 0.6 is 23.8 Å². The van der Waals surface area contributed by atoms with Gasteiger partial charge in [-0.2, -0.15) is 0 Å². The molecule has 0 aliphatic carbocycles. The van der Waals surface area contributed by atoms with Gasteiger partial charge in [-0.15, -0.1) is 0 Å². The number of halogens is 2. The fourth-order valence-corrected chi connectivity index (χ4v) is 2.21. The zero-order chi connectivity index (χ0) is 13.9. The Morgan fingerprint density at radius 2 is 2.06 bits per heavy atom. The van der Waals surface area contributed by atoms with Crippen LogP contribution in [-0.4, -0.2) is 10.9 Å². The largest absolute Gasteiger partial charge is 0.393 e. The van der Waals surface area contributed by atoms with E-state index in [1.807, 2.05) is 13.8 Å². The van der Waals surface area contributed by atoms with Gasteiger partial charge in [-0.25, -0.2) is 4.39 Å². The van der Waals surface area contributed by atoms with E-state index in [1.54, 1.807) is 0 Å². The van der Waals surface area contributed by atoms with Crippen LogP contribution in [0.2, 0.25) is 5.02 Å². The van der Waals surface area contributed by atoms with E-state index in [-0.39, 0.29) is 27.5 Å². The van der Waals surface area contributed by atoms with Gasteiger partial charge in [0.25, 0.3) is 0 Å². The molecule has 1 rings (SSSR count). The Morgan fingerprint density at radius 1 is 1.44 bits per heavy atom. The van der Waals surface area contributed by atoms with Crippen LogP contribution in [-0.2, 0) is 4.79 Å². The number of carbonyl (C=O) groups is 1. The van der Waals surface area contributed by atoms with Crippen molar-refractivity contribution in [2.45, 2.75) is 13.8 Å². The van der Waals surface area contributed by atoms with Crippen LogP contribution < -0.4 is 11.1 Å². The van der Waals surface area contributed by atoms with E-state index in [9.17, 15) is 9.18 Å². The second-order valence-corrected chi connectivity index (χ2v) is 5.18. The summed E-state index contributed by atoms with van der Waals surface area (Å²) in [4.78, 5) is 12.1. The van der Waals surface area contributed by atoms with Crippen LogP contribution in [0.15, 0.2) is 18.2 Å². The highest BCUT2D eigenvalue weighted by molar-refractivity contribution is 7.80. The number of thiocarbonyl (C=S) groups is 1. The van der Waals surface area contributed by atoms with E-state index in [2.05, 4.69) is 5.32 Å². The molecule has 0 aliphatic heterocycles. The minimum atomic E-state index is -0.595. The van der Waals surface area contributed by atoms with E-state index < -0.39 is 11.7 Å². The lowest BCUT2D eigenvalue weighted by atomic mass is 9.95. The third kappa shape index (κ3) is 3.92. The van der Waals surface area contributed by atoms with Crippen LogP contribution in [0.1, 0.15) is 13.8 Å². The summed E-state index contributed by atoms with van der Waals surface area (Å²) in [5.41, 5.74) is 5.81. The van der Waals surface area contributed by atoms with Gasteiger partial charge in [0, 0.05) is 10.7 Å². The Kier molecular flexibility index (Phi) is 5.04. The standard InChI is InChI=1S/C12H14ClFN2OS/c1-6(2)10(11(15)18)12(17)16-9-4-7(13)3-8(14)5-9/h3-6,10H,1-2H3,(H2,15,18)(H,16,17). The number of nitrogens with two attached hydrogens (primary N) is 1. The lowest BCUT2D eigenvalue weighted by Gasteiger charge is -2.18. The maximum absolute atomic E-state index is 13.1. The SMILES string of the molecule is CC(C)C(C(=O)Nc1cc(F)cc(Cl)c1)C(N)=S. The average molecular weight is 289 g/mol. The Balaban J connectivity index is 2.89. The summed E-state index contributed by atoms with van der Waals surface area (Å²) in [7, 11) is 0. The molecule has 0 saturated heterocycles. The van der Waals surface area contributed by atoms with E-state index in [4.69, 9.17) is 29.6 Å². The van der Waals surface area contributed by atoms with Gasteiger partial charge in [0.15, 0.2) is 0 Å². The molecule has 1 aromatic carbocycles. The highest BCUT2D eigenvalue weighted by Crippen LogP contribution is 2.20. The summed E-state index contributed by atoms with van der Waals surface area (Å²) in [6.07, 6.45) is 0. The average Bonchev–Trinajstić information content (AvgIpc) is 2.13. The van der Waals surface area contributed by atoms with Gasteiger partial charge in [0.05, 0.1) is 10.9 Å². The molecular weight excluding hydrogens is 275 g/mol. The molecule has 18 heavy (non-hydrogen) atoms. The molecule has 6 heteroatoms. The van der Waals surface area contributed by atoms with Crippen molar-refractivity contribution in [3.05, 3.63) is 29.0 Å². The van der Waals surface area contributed by atoms with Crippen molar-refractivity contribution in [1.29, 1.82) is 0 Å². The maximum atomic E-state index is 13.1. The second-order valence-electron chi connectivity index (χ2n) is 4.27. The second kappa shape index (κ2) is 6.11. The first-order valence-corrected chi connectivity index (χ1v) is 6.16. The number of nitrogens with one attached hydrogen (secondary N) is 1. The van der Waals surface area contributed by atoms with Gasteiger partial charge >= 0.3 is 0 Å². The van der Waals surface area contributed by atoms with Gasteiger partial charge in [-0.3, -0.25) is 4.79 Å². The van der Waals surface area contributed by atoms with E-state index in [1.165, 1.54) is 12.1 Å². The minimum Gasteiger partial charge on any atom is -0.393 e. The fraction of sp³-hybridized carbons (Fsp3) is 0.333. The number of carbonyl (C=O) groups excluding carboxylic acids is 1. The Hall–Kier alpha value is -1.20. The van der Waals surface area contributed by atoms with Crippen molar-refractivity contribution in [3.8, 4) is 0 Å². The van der Waals surface area contributed by atoms with Gasteiger partial charge in [0.1, 0.15) is 5.82 Å². The highest BCUT2D eigenvalue weighted by Gasteiger charge is 2.25. The maximum Gasteiger partial charge on any atom is 0.234 e. The van der Waals surface area contributed by atoms with E-state index >= 15 is 0 Å². The lowest BCUT2D eigenvalue weighted by Crippen LogP contribution is -2.36. The number of benzene rings is 1. The van der Waals surface area contributed by atoms with Crippen LogP contribution in [0.3, 0.4) is 0 Å². The number of rotatable bonds is 4. The molecule has 1 amide bonds. The zero-order valence-corrected chi connectivity index (χ0v) is 11.6. The zero-order valence-electron chi connectivity index (χ0n) is 10.0. The molecule has 0 spiro atoms. The van der Waals surface area contributed by atoms with E-state index in [0.717, 1.165) is 6.07 Å². The molecule has 3 N–H and O–H groups in total. The van der Waals surface area contributed by atoms with Crippen LogP contribution in [0, 0.1) is 17.7 Å². The Bertz CT molecular complexity index is 459. The number of anilines is 1. The van der Waals surface area contributed by atoms with Crippen molar-refractivity contribution in [2.24, 2.45) is 17.6 Å². The summed E-state index contributed by atoms with van der Waals surface area (Å²) in [5, 5.41) is 2.77. The first-order chi connectivity index (χ1) is 8.31. The number of hydrogen-bond acceptors (Lipinski definition) is 2. The molecule has 0 bridgehead atoms. The first kappa shape index (κ1) is 14.9. The quantitative estimate of drug-likeness (QED) is 0.838. The molecule has 0 aromatic heterocycles. The van der Waals surface area contributed by atoms with Crippen molar-refractivity contribution >= 4 is 40.4 Å². The monoisotopic (exact) mass is 288 g/mol. The molecule has 0 radical (unpaired) electrons. The number of hydrogen-bond donors (Lipinski definition) is 2. The molecule has 98 valence electrons. The Labute approximate surface area is 115 Å². The highest BCUT2D eigenvalue weighted by atomic mass is 35.5. The number of amides is 1. The molecule has 1 atom stereocenters. The van der Waals surface area contributed by atoms with E-state index in [0.29, 0.717) is 0 Å². The molecule has 1 unspecified atom stereocenters. The van der Waals surface area contributed by atoms with Crippen LogP contribution in [0.5, 0.6) is 0 Å². The van der Waals surface area contributed by atoms with Crippen molar-refractivity contribution in [1.82, 2.24) is 0 Å². The molecule has 1 aromatic rings. The van der Waals surface area contributed by atoms with Crippen molar-refractivity contribution < 1.29 is 9.18 Å². The Morgan fingerprint density at radius 3 is 2.50 bits per heavy atom. The van der Waals surface area contributed by atoms with Gasteiger partial charge in [-0.1, -0.05) is 37.7 Å². The fourth-order valence-electron chi connectivity index (χ4n) is 1.61. The lowest BCUT2D eigenvalue weighted by molar-refractivity contribution is -0.118. The van der Waals surface area contributed by atoms with Gasteiger partial charge < -0.3 is 11.1 Å². The summed E-state index contributed by atoms with van der Waals surface area (Å²) in [5.74, 6) is -1.51. The normalized spacial score (nSPS) is 12.3. The first-order valence-electron chi connectivity index (χ1n) is 5.37. The summed E-state index contributed by atoms with van der Waals surface area (Å²) in [6, 6.07) is 3.80. The summed E-state index contributed by atoms with van der Waals surface area (Å²) < 4.78 is 13.1. The minimum absolute atomic E-state index is 0.0356. The topological polar surface area (TPSA) is 55.1 Å². The van der Waals surface area contributed by atoms with Crippen LogP contribution in [0.4, 0.5) is 10.1 Å². The molecule has 3 nitrogen and oxygen atoms in total. The molecular formula is C12H14ClFN2OS. The molecule has 0 fully saturated rings. The smallest absolute Gasteiger partial charge is 0.234 e. The van der Waals surface area contributed by atoms with Crippen molar-refractivity contribution in [2.75, 3.05) is 5.32 Å². The third-order valence-corrected chi connectivity index (χ3v) is 2.86. The molecule has 0 heterocycles. The summed E-state index contributed by atoms with van der Waals surface area (Å²) >= 11 is 10.6. The van der Waals surface area contributed by atoms with Crippen LogP contribution in [0.25, 0.3) is 0 Å². The van der Waals surface area contributed by atoms with Crippen molar-refractivity contribution in [3.63, 3.8) is 0 Å². The molecule has 0 saturated carbocycles.